The molecule has 1 atom stereocenters. The third-order valence-electron chi connectivity index (χ3n) is 5.00. The van der Waals surface area contributed by atoms with Gasteiger partial charge in [0.15, 0.2) is 0 Å². The van der Waals surface area contributed by atoms with Gasteiger partial charge in [0.25, 0.3) is 0 Å². The number of nitrogens with zero attached hydrogens (tertiary/aromatic N) is 1. The average molecular weight is 330 g/mol. The van der Waals surface area contributed by atoms with Gasteiger partial charge in [-0.05, 0) is 49.4 Å². The van der Waals surface area contributed by atoms with Gasteiger partial charge in [0.1, 0.15) is 0 Å². The molecule has 2 fully saturated rings. The van der Waals surface area contributed by atoms with E-state index in [4.69, 9.17) is 5.11 Å². The highest BCUT2D eigenvalue weighted by molar-refractivity contribution is 6.00. The summed E-state index contributed by atoms with van der Waals surface area (Å²) in [5.41, 5.74) is 2.19. The molecule has 128 valence electrons. The number of aliphatic carboxylic acids is 1. The Balaban J connectivity index is 1.60. The van der Waals surface area contributed by atoms with Crippen LogP contribution in [0.25, 0.3) is 0 Å². The molecule has 0 bridgehead atoms. The van der Waals surface area contributed by atoms with E-state index in [1.807, 2.05) is 17.0 Å². The number of imide groups is 1. The second-order valence-corrected chi connectivity index (χ2v) is 6.61. The minimum Gasteiger partial charge on any atom is -0.480 e. The summed E-state index contributed by atoms with van der Waals surface area (Å²) in [7, 11) is 0. The number of piperidine rings is 2. The molecule has 2 heterocycles. The predicted molar refractivity (Wildman–Crippen MR) is 87.6 cm³/mol. The van der Waals surface area contributed by atoms with Gasteiger partial charge < -0.3 is 5.11 Å². The third-order valence-corrected chi connectivity index (χ3v) is 5.00. The van der Waals surface area contributed by atoms with Crippen LogP contribution in [0.3, 0.4) is 0 Å². The number of amides is 2. The van der Waals surface area contributed by atoms with Crippen molar-refractivity contribution >= 4 is 17.8 Å². The Morgan fingerprint density at radius 1 is 1.08 bits per heavy atom. The van der Waals surface area contributed by atoms with E-state index in [1.165, 1.54) is 5.56 Å². The monoisotopic (exact) mass is 330 g/mol. The lowest BCUT2D eigenvalue weighted by Crippen LogP contribution is -2.39. The summed E-state index contributed by atoms with van der Waals surface area (Å²) in [6, 6.07) is 8.10. The van der Waals surface area contributed by atoms with Crippen molar-refractivity contribution in [2.45, 2.75) is 37.5 Å². The maximum Gasteiger partial charge on any atom is 0.317 e. The van der Waals surface area contributed by atoms with E-state index in [-0.39, 0.29) is 24.3 Å². The number of rotatable bonds is 4. The highest BCUT2D eigenvalue weighted by Crippen LogP contribution is 2.30. The van der Waals surface area contributed by atoms with Crippen molar-refractivity contribution in [3.05, 3.63) is 35.4 Å². The van der Waals surface area contributed by atoms with Gasteiger partial charge in [-0.1, -0.05) is 24.3 Å². The zero-order chi connectivity index (χ0) is 17.1. The lowest BCUT2D eigenvalue weighted by molar-refractivity contribution is -0.138. The van der Waals surface area contributed by atoms with E-state index < -0.39 is 5.97 Å². The Bertz CT molecular complexity index is 633. The van der Waals surface area contributed by atoms with Crippen molar-refractivity contribution in [3.8, 4) is 0 Å². The first-order chi connectivity index (χ1) is 11.5. The highest BCUT2D eigenvalue weighted by atomic mass is 16.4. The van der Waals surface area contributed by atoms with Crippen molar-refractivity contribution in [1.29, 1.82) is 0 Å². The molecular weight excluding hydrogens is 308 g/mol. The van der Waals surface area contributed by atoms with Crippen LogP contribution in [-0.2, 0) is 14.4 Å². The molecule has 2 N–H and O–H groups in total. The molecule has 2 aliphatic heterocycles. The Morgan fingerprint density at radius 3 is 2.29 bits per heavy atom. The molecule has 2 saturated heterocycles. The SMILES string of the molecule is O=C(O)CN1CCC(c2ccc([C@H]3CCC(=O)NC3=O)cc2)CC1. The molecule has 2 aliphatic rings. The molecule has 2 amide bonds. The highest BCUT2D eigenvalue weighted by Gasteiger charge is 2.28. The van der Waals surface area contributed by atoms with Gasteiger partial charge in [-0.25, -0.2) is 0 Å². The van der Waals surface area contributed by atoms with Crippen molar-refractivity contribution in [2.75, 3.05) is 19.6 Å². The van der Waals surface area contributed by atoms with E-state index in [0.29, 0.717) is 18.8 Å². The topological polar surface area (TPSA) is 86.7 Å². The van der Waals surface area contributed by atoms with Crippen LogP contribution < -0.4 is 5.32 Å². The first-order valence-electron chi connectivity index (χ1n) is 8.40. The van der Waals surface area contributed by atoms with Gasteiger partial charge >= 0.3 is 5.97 Å². The van der Waals surface area contributed by atoms with Gasteiger partial charge in [-0.15, -0.1) is 0 Å². The molecule has 0 aromatic heterocycles. The minimum absolute atomic E-state index is 0.112. The summed E-state index contributed by atoms with van der Waals surface area (Å²) in [6.45, 7) is 1.71. The van der Waals surface area contributed by atoms with Crippen molar-refractivity contribution in [2.24, 2.45) is 0 Å². The average Bonchev–Trinajstić information content (AvgIpc) is 2.55. The molecule has 0 radical (unpaired) electrons. The van der Waals surface area contributed by atoms with Crippen LogP contribution in [0, 0.1) is 0 Å². The minimum atomic E-state index is -0.776. The van der Waals surface area contributed by atoms with Crippen LogP contribution >= 0.6 is 0 Å². The summed E-state index contributed by atoms with van der Waals surface area (Å²) in [5, 5.41) is 11.2. The number of nitrogens with one attached hydrogen (secondary N) is 1. The smallest absolute Gasteiger partial charge is 0.317 e. The number of carbonyl (C=O) groups is 3. The zero-order valence-corrected chi connectivity index (χ0v) is 13.5. The first-order valence-corrected chi connectivity index (χ1v) is 8.40. The Labute approximate surface area is 140 Å². The van der Waals surface area contributed by atoms with Crippen LogP contribution in [0.4, 0.5) is 0 Å². The van der Waals surface area contributed by atoms with Crippen molar-refractivity contribution in [3.63, 3.8) is 0 Å². The molecule has 0 aliphatic carbocycles. The van der Waals surface area contributed by atoms with E-state index in [1.54, 1.807) is 0 Å². The number of likely N-dealkylation sites (tertiary alicyclic amines) is 1. The molecule has 24 heavy (non-hydrogen) atoms. The summed E-state index contributed by atoms with van der Waals surface area (Å²) in [6.07, 6.45) is 2.86. The number of carboxylic acid groups (broad SMARTS) is 1. The van der Waals surface area contributed by atoms with Gasteiger partial charge in [-0.3, -0.25) is 24.6 Å². The molecule has 0 saturated carbocycles. The summed E-state index contributed by atoms with van der Waals surface area (Å²) >= 11 is 0. The second kappa shape index (κ2) is 7.13. The lowest BCUT2D eigenvalue weighted by atomic mass is 9.86. The molecule has 0 spiro atoms. The van der Waals surface area contributed by atoms with Gasteiger partial charge in [0.2, 0.25) is 11.8 Å². The molecule has 0 unspecified atom stereocenters. The molecule has 6 heteroatoms. The summed E-state index contributed by atoms with van der Waals surface area (Å²) in [5.74, 6) is -0.982. The van der Waals surface area contributed by atoms with Crippen molar-refractivity contribution < 1.29 is 19.5 Å². The number of carboxylic acids is 1. The fourth-order valence-corrected chi connectivity index (χ4v) is 3.63. The number of hydrogen-bond acceptors (Lipinski definition) is 4. The maximum absolute atomic E-state index is 11.9. The van der Waals surface area contributed by atoms with Crippen molar-refractivity contribution in [1.82, 2.24) is 10.2 Å². The van der Waals surface area contributed by atoms with E-state index >= 15 is 0 Å². The molecule has 3 rings (SSSR count). The van der Waals surface area contributed by atoms with Gasteiger partial charge in [0, 0.05) is 6.42 Å². The first kappa shape index (κ1) is 16.6. The Kier molecular flexibility index (Phi) is 4.94. The fourth-order valence-electron chi connectivity index (χ4n) is 3.63. The third kappa shape index (κ3) is 3.82. The number of carbonyl (C=O) groups excluding carboxylic acids is 2. The van der Waals surface area contributed by atoms with Crippen LogP contribution in [0.1, 0.15) is 48.6 Å². The van der Waals surface area contributed by atoms with Crippen LogP contribution in [0.15, 0.2) is 24.3 Å². The molecular formula is C18H22N2O4. The Morgan fingerprint density at radius 2 is 1.71 bits per heavy atom. The number of hydrogen-bond donors (Lipinski definition) is 2. The van der Waals surface area contributed by atoms with Crippen LogP contribution in [0.5, 0.6) is 0 Å². The molecule has 1 aromatic rings. The lowest BCUT2D eigenvalue weighted by Gasteiger charge is -2.31. The van der Waals surface area contributed by atoms with Crippen LogP contribution in [0.2, 0.25) is 0 Å². The fraction of sp³-hybridized carbons (Fsp3) is 0.500. The van der Waals surface area contributed by atoms with Crippen LogP contribution in [-0.4, -0.2) is 47.4 Å². The van der Waals surface area contributed by atoms with Gasteiger partial charge in [0.05, 0.1) is 12.5 Å². The van der Waals surface area contributed by atoms with Gasteiger partial charge in [-0.2, -0.15) is 0 Å². The van der Waals surface area contributed by atoms with E-state index in [0.717, 1.165) is 31.5 Å². The summed E-state index contributed by atoms with van der Waals surface area (Å²) < 4.78 is 0. The predicted octanol–water partition coefficient (Wildman–Crippen LogP) is 1.47. The second-order valence-electron chi connectivity index (χ2n) is 6.61. The maximum atomic E-state index is 11.9. The normalized spacial score (nSPS) is 23.1. The molecule has 6 nitrogen and oxygen atoms in total. The van der Waals surface area contributed by atoms with E-state index in [9.17, 15) is 14.4 Å². The number of benzene rings is 1. The summed E-state index contributed by atoms with van der Waals surface area (Å²) in [4.78, 5) is 35.9. The zero-order valence-electron chi connectivity index (χ0n) is 13.5. The molecule has 1 aromatic carbocycles. The Hall–Kier alpha value is -2.21. The largest absolute Gasteiger partial charge is 0.480 e. The quantitative estimate of drug-likeness (QED) is 0.817. The van der Waals surface area contributed by atoms with E-state index in [2.05, 4.69) is 17.4 Å². The standard InChI is InChI=1S/C18H22N2O4/c21-16-6-5-15(18(24)19-16)14-3-1-12(2-4-14)13-7-9-20(10-8-13)11-17(22)23/h1-4,13,15H,5-11H2,(H,22,23)(H,19,21,24)/t15-/m1/s1.